The van der Waals surface area contributed by atoms with Crippen molar-refractivity contribution in [2.75, 3.05) is 0 Å². The van der Waals surface area contributed by atoms with Crippen molar-refractivity contribution in [3.63, 3.8) is 0 Å². The lowest BCUT2D eigenvalue weighted by atomic mass is 10.1. The number of hydrogen-bond acceptors (Lipinski definition) is 5. The molecule has 8 nitrogen and oxygen atoms in total. The van der Waals surface area contributed by atoms with Gasteiger partial charge in [-0.2, -0.15) is 0 Å². The molecule has 0 radical (unpaired) electrons. The number of phenols is 1. The van der Waals surface area contributed by atoms with Crippen molar-refractivity contribution in [3.05, 3.63) is 35.2 Å². The van der Waals surface area contributed by atoms with Crippen LogP contribution in [0.1, 0.15) is 46.3 Å². The number of aromatic nitrogens is 3. The molecule has 0 aliphatic rings. The van der Waals surface area contributed by atoms with E-state index >= 15 is 0 Å². The maximum atomic E-state index is 11.2. The molecule has 1 aromatic heterocycles. The predicted molar refractivity (Wildman–Crippen MR) is 75.6 cm³/mol. The van der Waals surface area contributed by atoms with Gasteiger partial charge in [-0.05, 0) is 31.0 Å². The SMILES string of the molecule is CCCCc1c(C(=O)O)nnn1-c1ccc(O)c(C(=O)O)c1. The Balaban J connectivity index is 2.54. The Morgan fingerprint density at radius 3 is 2.55 bits per heavy atom. The monoisotopic (exact) mass is 305 g/mol. The van der Waals surface area contributed by atoms with E-state index in [-0.39, 0.29) is 17.0 Å². The first-order chi connectivity index (χ1) is 10.5. The fourth-order valence-corrected chi connectivity index (χ4v) is 2.07. The van der Waals surface area contributed by atoms with Crippen molar-refractivity contribution in [1.82, 2.24) is 15.0 Å². The molecule has 0 bridgehead atoms. The van der Waals surface area contributed by atoms with E-state index in [1.165, 1.54) is 22.9 Å². The largest absolute Gasteiger partial charge is 0.507 e. The summed E-state index contributed by atoms with van der Waals surface area (Å²) in [5, 5.41) is 35.2. The van der Waals surface area contributed by atoms with E-state index in [9.17, 15) is 14.7 Å². The van der Waals surface area contributed by atoms with Gasteiger partial charge in [0.1, 0.15) is 11.3 Å². The Morgan fingerprint density at radius 1 is 1.23 bits per heavy atom. The summed E-state index contributed by atoms with van der Waals surface area (Å²) in [7, 11) is 0. The zero-order valence-corrected chi connectivity index (χ0v) is 11.9. The number of carbonyl (C=O) groups is 2. The smallest absolute Gasteiger partial charge is 0.358 e. The molecule has 0 aliphatic heterocycles. The van der Waals surface area contributed by atoms with Crippen LogP contribution < -0.4 is 0 Å². The second-order valence-corrected chi connectivity index (χ2v) is 4.71. The van der Waals surface area contributed by atoms with Crippen molar-refractivity contribution in [2.45, 2.75) is 26.2 Å². The van der Waals surface area contributed by atoms with Gasteiger partial charge in [0.25, 0.3) is 0 Å². The number of nitrogens with zero attached hydrogens (tertiary/aromatic N) is 3. The highest BCUT2D eigenvalue weighted by Crippen LogP contribution is 2.22. The van der Waals surface area contributed by atoms with E-state index in [2.05, 4.69) is 10.3 Å². The molecular formula is C14H15N3O5. The van der Waals surface area contributed by atoms with Gasteiger partial charge in [-0.15, -0.1) is 5.10 Å². The van der Waals surface area contributed by atoms with Gasteiger partial charge < -0.3 is 15.3 Å². The number of carboxylic acid groups (broad SMARTS) is 2. The number of rotatable bonds is 6. The van der Waals surface area contributed by atoms with Crippen LogP contribution in [0.3, 0.4) is 0 Å². The Morgan fingerprint density at radius 2 is 1.95 bits per heavy atom. The first-order valence-electron chi connectivity index (χ1n) is 6.70. The average molecular weight is 305 g/mol. The third-order valence-electron chi connectivity index (χ3n) is 3.19. The summed E-state index contributed by atoms with van der Waals surface area (Å²) >= 11 is 0. The van der Waals surface area contributed by atoms with Crippen molar-refractivity contribution in [1.29, 1.82) is 0 Å². The van der Waals surface area contributed by atoms with Gasteiger partial charge in [0, 0.05) is 0 Å². The summed E-state index contributed by atoms with van der Waals surface area (Å²) in [6, 6.07) is 3.91. The number of unbranched alkanes of at least 4 members (excludes halogenated alkanes) is 1. The van der Waals surface area contributed by atoms with E-state index in [1.807, 2.05) is 6.92 Å². The minimum absolute atomic E-state index is 0.154. The fourth-order valence-electron chi connectivity index (χ4n) is 2.07. The number of aromatic carboxylic acids is 2. The lowest BCUT2D eigenvalue weighted by Crippen LogP contribution is -2.08. The maximum absolute atomic E-state index is 11.2. The molecule has 0 amide bonds. The third-order valence-corrected chi connectivity index (χ3v) is 3.19. The zero-order chi connectivity index (χ0) is 16.3. The van der Waals surface area contributed by atoms with Crippen LogP contribution in [-0.2, 0) is 6.42 Å². The van der Waals surface area contributed by atoms with Crippen LogP contribution in [0.2, 0.25) is 0 Å². The van der Waals surface area contributed by atoms with Gasteiger partial charge >= 0.3 is 11.9 Å². The Kier molecular flexibility index (Phi) is 4.40. The first kappa shape index (κ1) is 15.5. The molecular weight excluding hydrogens is 290 g/mol. The third kappa shape index (κ3) is 2.90. The fraction of sp³-hybridized carbons (Fsp3) is 0.286. The molecule has 0 unspecified atom stereocenters. The molecule has 1 aromatic carbocycles. The molecule has 22 heavy (non-hydrogen) atoms. The van der Waals surface area contributed by atoms with E-state index in [0.717, 1.165) is 12.8 Å². The topological polar surface area (TPSA) is 126 Å². The molecule has 0 spiro atoms. The van der Waals surface area contributed by atoms with Gasteiger partial charge in [0.05, 0.1) is 11.4 Å². The molecule has 3 N–H and O–H groups in total. The highest BCUT2D eigenvalue weighted by Gasteiger charge is 2.20. The van der Waals surface area contributed by atoms with Gasteiger partial charge in [0.2, 0.25) is 0 Å². The van der Waals surface area contributed by atoms with E-state index in [4.69, 9.17) is 10.2 Å². The second kappa shape index (κ2) is 6.25. The molecule has 8 heteroatoms. The summed E-state index contributed by atoms with van der Waals surface area (Å²) in [5.41, 5.74) is 0.294. The number of benzene rings is 1. The zero-order valence-electron chi connectivity index (χ0n) is 11.9. The summed E-state index contributed by atoms with van der Waals surface area (Å²) in [6.07, 6.45) is 2.06. The summed E-state index contributed by atoms with van der Waals surface area (Å²) in [4.78, 5) is 22.3. The highest BCUT2D eigenvalue weighted by atomic mass is 16.4. The Bertz CT molecular complexity index is 723. The van der Waals surface area contributed by atoms with Gasteiger partial charge in [-0.1, -0.05) is 18.6 Å². The number of aromatic hydroxyl groups is 1. The van der Waals surface area contributed by atoms with Crippen LogP contribution in [0.15, 0.2) is 18.2 Å². The quantitative estimate of drug-likeness (QED) is 0.741. The van der Waals surface area contributed by atoms with Crippen LogP contribution in [-0.4, -0.2) is 42.3 Å². The number of hydrogen-bond donors (Lipinski definition) is 3. The minimum Gasteiger partial charge on any atom is -0.507 e. The highest BCUT2D eigenvalue weighted by molar-refractivity contribution is 5.91. The lowest BCUT2D eigenvalue weighted by molar-refractivity contribution is 0.0680. The van der Waals surface area contributed by atoms with Crippen LogP contribution in [0.25, 0.3) is 5.69 Å². The normalized spacial score (nSPS) is 10.6. The maximum Gasteiger partial charge on any atom is 0.358 e. The average Bonchev–Trinajstić information content (AvgIpc) is 2.89. The summed E-state index contributed by atoms with van der Waals surface area (Å²) < 4.78 is 1.30. The minimum atomic E-state index is -1.28. The molecule has 0 fully saturated rings. The Hall–Kier alpha value is -2.90. The van der Waals surface area contributed by atoms with Crippen molar-refractivity contribution >= 4 is 11.9 Å². The van der Waals surface area contributed by atoms with Crippen molar-refractivity contribution in [2.24, 2.45) is 0 Å². The van der Waals surface area contributed by atoms with Crippen LogP contribution >= 0.6 is 0 Å². The van der Waals surface area contributed by atoms with Crippen LogP contribution in [0.5, 0.6) is 5.75 Å². The molecule has 2 aromatic rings. The van der Waals surface area contributed by atoms with Gasteiger partial charge in [-0.25, -0.2) is 14.3 Å². The van der Waals surface area contributed by atoms with E-state index in [0.29, 0.717) is 17.8 Å². The molecule has 1 heterocycles. The molecule has 2 rings (SSSR count). The standard InChI is InChI=1S/C14H15N3O5/c1-2-3-4-10-12(14(21)22)15-16-17(10)8-5-6-11(18)9(7-8)13(19)20/h5-7,18H,2-4H2,1H3,(H,19,20)(H,21,22). The second-order valence-electron chi connectivity index (χ2n) is 4.71. The van der Waals surface area contributed by atoms with Crippen LogP contribution in [0.4, 0.5) is 0 Å². The van der Waals surface area contributed by atoms with Crippen molar-refractivity contribution in [3.8, 4) is 11.4 Å². The molecule has 116 valence electrons. The first-order valence-corrected chi connectivity index (χ1v) is 6.70. The molecule has 0 saturated heterocycles. The van der Waals surface area contributed by atoms with E-state index < -0.39 is 11.9 Å². The van der Waals surface area contributed by atoms with Crippen molar-refractivity contribution < 1.29 is 24.9 Å². The van der Waals surface area contributed by atoms with Crippen LogP contribution in [0, 0.1) is 0 Å². The Labute approximate surface area is 125 Å². The summed E-state index contributed by atoms with van der Waals surface area (Å²) in [5.74, 6) is -2.84. The predicted octanol–water partition coefficient (Wildman–Crippen LogP) is 1.71. The molecule has 0 aliphatic carbocycles. The van der Waals surface area contributed by atoms with Gasteiger partial charge in [0.15, 0.2) is 5.69 Å². The lowest BCUT2D eigenvalue weighted by Gasteiger charge is -2.08. The summed E-state index contributed by atoms with van der Waals surface area (Å²) in [6.45, 7) is 1.97. The molecule has 0 atom stereocenters. The van der Waals surface area contributed by atoms with E-state index in [1.54, 1.807) is 0 Å². The molecule has 0 saturated carbocycles. The van der Waals surface area contributed by atoms with Gasteiger partial charge in [-0.3, -0.25) is 0 Å². The number of carboxylic acids is 2.